The molecule has 10 rings (SSSR count). The fraction of sp³-hybridized carbons (Fsp3) is 0. The van der Waals surface area contributed by atoms with E-state index < -0.39 is 34.4 Å². The smallest absolute Gasteiger partial charge is 0.170 e. The van der Waals surface area contributed by atoms with Crippen molar-refractivity contribution in [2.75, 3.05) is 4.90 Å². The molecular formula is C54H33F4N. The highest BCUT2D eigenvalue weighted by molar-refractivity contribution is 6.23. The number of halogens is 4. The van der Waals surface area contributed by atoms with Crippen LogP contribution >= 0.6 is 0 Å². The van der Waals surface area contributed by atoms with Crippen molar-refractivity contribution in [1.29, 1.82) is 0 Å². The molecule has 0 aromatic heterocycles. The van der Waals surface area contributed by atoms with E-state index >= 15 is 17.6 Å². The molecule has 0 N–H and O–H groups in total. The first-order valence-corrected chi connectivity index (χ1v) is 19.4. The van der Waals surface area contributed by atoms with Crippen molar-refractivity contribution >= 4 is 72.3 Å². The van der Waals surface area contributed by atoms with Crippen LogP contribution in [0.15, 0.2) is 188 Å². The Hall–Kier alpha value is -7.50. The van der Waals surface area contributed by atoms with Crippen molar-refractivity contribution in [3.8, 4) is 22.3 Å². The Morgan fingerprint density at radius 3 is 1.46 bits per heavy atom. The van der Waals surface area contributed by atoms with Crippen LogP contribution in [0.25, 0.3) is 77.5 Å². The number of para-hydroxylation sites is 1. The lowest BCUT2D eigenvalue weighted by atomic mass is 9.84. The molecule has 10 aromatic carbocycles. The highest BCUT2D eigenvalue weighted by atomic mass is 19.2. The van der Waals surface area contributed by atoms with Gasteiger partial charge in [0.05, 0.1) is 11.1 Å². The molecule has 0 fully saturated rings. The Balaban J connectivity index is 1.06. The van der Waals surface area contributed by atoms with Gasteiger partial charge in [0.25, 0.3) is 0 Å². The molecule has 59 heavy (non-hydrogen) atoms. The monoisotopic (exact) mass is 771 g/mol. The summed E-state index contributed by atoms with van der Waals surface area (Å²) < 4.78 is 65.5. The van der Waals surface area contributed by atoms with Gasteiger partial charge in [0.15, 0.2) is 23.3 Å². The highest BCUT2D eigenvalue weighted by Gasteiger charge is 2.29. The van der Waals surface area contributed by atoms with Crippen LogP contribution in [0.3, 0.4) is 0 Å². The molecule has 0 aliphatic carbocycles. The quantitative estimate of drug-likeness (QED) is 0.0675. The number of fused-ring (bicyclic) bond motifs is 4. The molecule has 282 valence electrons. The first-order valence-electron chi connectivity index (χ1n) is 19.4. The van der Waals surface area contributed by atoms with Crippen LogP contribution < -0.4 is 4.90 Å². The molecule has 0 radical (unpaired) electrons. The Bertz CT molecular complexity index is 3170. The zero-order valence-electron chi connectivity index (χ0n) is 31.5. The average Bonchev–Trinajstić information content (AvgIpc) is 3.29. The topological polar surface area (TPSA) is 3.24 Å². The zero-order chi connectivity index (χ0) is 40.0. The van der Waals surface area contributed by atoms with Crippen LogP contribution in [-0.2, 0) is 0 Å². The maximum Gasteiger partial charge on any atom is 0.170 e. The van der Waals surface area contributed by atoms with Crippen molar-refractivity contribution in [3.63, 3.8) is 0 Å². The van der Waals surface area contributed by atoms with Gasteiger partial charge < -0.3 is 4.90 Å². The van der Waals surface area contributed by atoms with Crippen LogP contribution in [0, 0.1) is 23.3 Å². The predicted molar refractivity (Wildman–Crippen MR) is 237 cm³/mol. The van der Waals surface area contributed by atoms with E-state index in [-0.39, 0.29) is 5.56 Å². The van der Waals surface area contributed by atoms with E-state index in [0.717, 1.165) is 55.8 Å². The number of nitrogens with zero attached hydrogens (tertiary/aromatic N) is 1. The number of rotatable bonds is 7. The standard InChI is InChI=1S/C54H33F4N/c55-51-47(32-27-34-25-29-39(30-26-34)59(38-17-2-1-3-18-38)40-31-28-35-13-4-5-15-37(35)33-40)52(56)54(58)50(53(51)57)49-45-22-10-8-20-43(45)48(44-21-9-11-23-46(44)49)42-24-12-16-36-14-6-7-19-41(36)42/h1-33H. The lowest BCUT2D eigenvalue weighted by Crippen LogP contribution is -2.09. The summed E-state index contributed by atoms with van der Waals surface area (Å²) in [7, 11) is 0. The van der Waals surface area contributed by atoms with Gasteiger partial charge in [-0.05, 0) is 102 Å². The fourth-order valence-electron chi connectivity index (χ4n) is 8.40. The second kappa shape index (κ2) is 14.8. The van der Waals surface area contributed by atoms with Crippen LogP contribution in [0.5, 0.6) is 0 Å². The van der Waals surface area contributed by atoms with Crippen molar-refractivity contribution in [1.82, 2.24) is 0 Å². The van der Waals surface area contributed by atoms with Gasteiger partial charge >= 0.3 is 0 Å². The molecule has 0 spiro atoms. The van der Waals surface area contributed by atoms with E-state index in [2.05, 4.69) is 35.2 Å². The summed E-state index contributed by atoms with van der Waals surface area (Å²) in [6.07, 6.45) is 2.55. The maximum atomic E-state index is 16.5. The van der Waals surface area contributed by atoms with Gasteiger partial charge in [-0.15, -0.1) is 0 Å². The lowest BCUT2D eigenvalue weighted by Gasteiger charge is -2.26. The molecular weight excluding hydrogens is 739 g/mol. The summed E-state index contributed by atoms with van der Waals surface area (Å²) in [6, 6.07) is 60.3. The summed E-state index contributed by atoms with van der Waals surface area (Å²) in [5, 5.41) is 6.63. The zero-order valence-corrected chi connectivity index (χ0v) is 31.5. The third kappa shape index (κ3) is 6.19. The van der Waals surface area contributed by atoms with Crippen molar-refractivity contribution in [2.45, 2.75) is 0 Å². The average molecular weight is 772 g/mol. The van der Waals surface area contributed by atoms with Gasteiger partial charge in [0, 0.05) is 22.6 Å². The Labute approximate surface area is 338 Å². The first kappa shape index (κ1) is 35.9. The lowest BCUT2D eigenvalue weighted by molar-refractivity contribution is 0.456. The number of hydrogen-bond acceptors (Lipinski definition) is 1. The molecule has 0 unspecified atom stereocenters. The van der Waals surface area contributed by atoms with Crippen LogP contribution in [-0.4, -0.2) is 0 Å². The normalized spacial score (nSPS) is 11.7. The van der Waals surface area contributed by atoms with Crippen LogP contribution in [0.4, 0.5) is 34.6 Å². The molecule has 0 saturated heterocycles. The Morgan fingerprint density at radius 2 is 0.814 bits per heavy atom. The molecule has 5 heteroatoms. The largest absolute Gasteiger partial charge is 0.310 e. The van der Waals surface area contributed by atoms with Crippen LogP contribution in [0.2, 0.25) is 0 Å². The van der Waals surface area contributed by atoms with Crippen molar-refractivity contribution in [3.05, 3.63) is 222 Å². The summed E-state index contributed by atoms with van der Waals surface area (Å²) in [5.74, 6) is -5.85. The van der Waals surface area contributed by atoms with Gasteiger partial charge in [0.2, 0.25) is 0 Å². The number of benzene rings is 10. The Morgan fingerprint density at radius 1 is 0.322 bits per heavy atom. The third-order valence-corrected chi connectivity index (χ3v) is 11.1. The van der Waals surface area contributed by atoms with E-state index in [9.17, 15) is 0 Å². The molecule has 1 nitrogen and oxygen atoms in total. The van der Waals surface area contributed by atoms with Crippen molar-refractivity contribution < 1.29 is 17.6 Å². The van der Waals surface area contributed by atoms with Crippen LogP contribution in [0.1, 0.15) is 11.1 Å². The summed E-state index contributed by atoms with van der Waals surface area (Å²) in [4.78, 5) is 2.12. The minimum atomic E-state index is -1.47. The van der Waals surface area contributed by atoms with Gasteiger partial charge in [-0.1, -0.05) is 158 Å². The van der Waals surface area contributed by atoms with E-state index in [1.807, 2.05) is 121 Å². The van der Waals surface area contributed by atoms with E-state index in [1.54, 1.807) is 36.4 Å². The molecule has 0 atom stereocenters. The second-order valence-electron chi connectivity index (χ2n) is 14.5. The summed E-state index contributed by atoms with van der Waals surface area (Å²) in [5.41, 5.74) is 3.71. The van der Waals surface area contributed by atoms with Gasteiger partial charge in [0.1, 0.15) is 0 Å². The van der Waals surface area contributed by atoms with Gasteiger partial charge in [-0.25, -0.2) is 17.6 Å². The summed E-state index contributed by atoms with van der Waals surface area (Å²) >= 11 is 0. The van der Waals surface area contributed by atoms with E-state index in [1.165, 1.54) is 6.08 Å². The minimum Gasteiger partial charge on any atom is -0.310 e. The maximum absolute atomic E-state index is 16.5. The second-order valence-corrected chi connectivity index (χ2v) is 14.5. The molecule has 0 aliphatic rings. The molecule has 0 saturated carbocycles. The highest BCUT2D eigenvalue weighted by Crippen LogP contribution is 2.47. The van der Waals surface area contributed by atoms with Crippen molar-refractivity contribution in [2.24, 2.45) is 0 Å². The first-order chi connectivity index (χ1) is 29.0. The SMILES string of the molecule is Fc1c(F)c(-c2c3ccccc3c(-c3cccc4ccccc34)c3ccccc23)c(F)c(F)c1C=Cc1ccc(N(c2ccccc2)c2ccc3ccccc3c2)cc1. The molecule has 0 aliphatic heterocycles. The van der Waals surface area contributed by atoms with Gasteiger partial charge in [-0.3, -0.25) is 0 Å². The van der Waals surface area contributed by atoms with E-state index in [0.29, 0.717) is 27.1 Å². The number of hydrogen-bond donors (Lipinski definition) is 0. The fourth-order valence-corrected chi connectivity index (χ4v) is 8.40. The molecule has 0 amide bonds. The third-order valence-electron chi connectivity index (χ3n) is 11.1. The molecule has 0 heterocycles. The number of anilines is 3. The minimum absolute atomic E-state index is 0.0912. The summed E-state index contributed by atoms with van der Waals surface area (Å²) in [6.45, 7) is 0. The van der Waals surface area contributed by atoms with Gasteiger partial charge in [-0.2, -0.15) is 0 Å². The molecule has 10 aromatic rings. The van der Waals surface area contributed by atoms with E-state index in [4.69, 9.17) is 0 Å². The Kier molecular flexibility index (Phi) is 8.99. The predicted octanol–water partition coefficient (Wildman–Crippen LogP) is 15.8. The molecule has 0 bridgehead atoms.